The van der Waals surface area contributed by atoms with Gasteiger partial charge >= 0.3 is 11.9 Å². The fraction of sp³-hybridized carbons (Fsp3) is 0.400. The minimum Gasteiger partial charge on any atom is -0.466 e. The molecule has 0 spiro atoms. The number of carbonyl (C=O) groups excluding carboxylic acids is 2. The van der Waals surface area contributed by atoms with Crippen molar-refractivity contribution < 1.29 is 19.1 Å². The van der Waals surface area contributed by atoms with Gasteiger partial charge in [0.05, 0.1) is 30.4 Å². The molecule has 0 amide bonds. The van der Waals surface area contributed by atoms with Gasteiger partial charge in [0.15, 0.2) is 0 Å². The van der Waals surface area contributed by atoms with Crippen LogP contribution in [0.5, 0.6) is 0 Å². The van der Waals surface area contributed by atoms with Crippen LogP contribution >= 0.6 is 0 Å². The number of hydrogen-bond donors (Lipinski definition) is 0. The van der Waals surface area contributed by atoms with Crippen molar-refractivity contribution >= 4 is 11.9 Å². The van der Waals surface area contributed by atoms with Gasteiger partial charge in [0.1, 0.15) is 0 Å². The number of ether oxygens (including phenoxy) is 2. The first-order valence-corrected chi connectivity index (χ1v) is 6.47. The molecule has 0 aliphatic carbocycles. The summed E-state index contributed by atoms with van der Waals surface area (Å²) in [6, 6.07) is 6.76. The van der Waals surface area contributed by atoms with Crippen LogP contribution in [0.2, 0.25) is 0 Å². The zero-order valence-electron chi connectivity index (χ0n) is 11.6. The summed E-state index contributed by atoms with van der Waals surface area (Å²) >= 11 is 0. The highest BCUT2D eigenvalue weighted by Gasteiger charge is 2.11. The van der Waals surface area contributed by atoms with Crippen LogP contribution in [0, 0.1) is 11.3 Å². The normalized spacial score (nSPS) is 9.65. The van der Waals surface area contributed by atoms with Gasteiger partial charge in [0.25, 0.3) is 0 Å². The van der Waals surface area contributed by atoms with E-state index < -0.39 is 5.97 Å². The number of aryl methyl sites for hydroxylation is 1. The SMILES string of the molecule is CCOC(=O)CCc1cc(C#N)cc(C(=O)OCC)c1. The van der Waals surface area contributed by atoms with Crippen LogP contribution in [0.4, 0.5) is 0 Å². The van der Waals surface area contributed by atoms with Crippen LogP contribution in [0.25, 0.3) is 0 Å². The molecular formula is C15H17NO4. The summed E-state index contributed by atoms with van der Waals surface area (Å²) in [5.41, 5.74) is 1.43. The van der Waals surface area contributed by atoms with Crippen LogP contribution in [0.15, 0.2) is 18.2 Å². The van der Waals surface area contributed by atoms with Crippen molar-refractivity contribution in [3.05, 3.63) is 34.9 Å². The topological polar surface area (TPSA) is 76.4 Å². The van der Waals surface area contributed by atoms with E-state index >= 15 is 0 Å². The summed E-state index contributed by atoms with van der Waals surface area (Å²) in [7, 11) is 0. The fourth-order valence-electron chi connectivity index (χ4n) is 1.71. The third-order valence-electron chi connectivity index (χ3n) is 2.56. The lowest BCUT2D eigenvalue weighted by Gasteiger charge is -2.06. The summed E-state index contributed by atoms with van der Waals surface area (Å²) in [5, 5.41) is 8.97. The quantitative estimate of drug-likeness (QED) is 0.744. The molecule has 5 nitrogen and oxygen atoms in total. The second kappa shape index (κ2) is 7.95. The maximum Gasteiger partial charge on any atom is 0.338 e. The molecule has 1 aromatic carbocycles. The van der Waals surface area contributed by atoms with E-state index in [9.17, 15) is 9.59 Å². The molecular weight excluding hydrogens is 258 g/mol. The second-order valence-electron chi connectivity index (χ2n) is 4.06. The number of carbonyl (C=O) groups is 2. The summed E-state index contributed by atoms with van der Waals surface area (Å²) in [4.78, 5) is 23.0. The van der Waals surface area contributed by atoms with E-state index in [-0.39, 0.29) is 19.0 Å². The van der Waals surface area contributed by atoms with Crippen molar-refractivity contribution in [1.29, 1.82) is 5.26 Å². The molecule has 0 radical (unpaired) electrons. The molecule has 0 aromatic heterocycles. The van der Waals surface area contributed by atoms with Crippen LogP contribution in [0.1, 0.15) is 41.8 Å². The molecule has 0 aliphatic heterocycles. The zero-order chi connectivity index (χ0) is 15.0. The Morgan fingerprint density at radius 3 is 2.45 bits per heavy atom. The molecule has 1 aromatic rings. The first-order valence-electron chi connectivity index (χ1n) is 6.47. The molecule has 0 aliphatic rings. The van der Waals surface area contributed by atoms with Gasteiger partial charge in [-0.3, -0.25) is 4.79 Å². The lowest BCUT2D eigenvalue weighted by Crippen LogP contribution is -2.08. The highest BCUT2D eigenvalue weighted by atomic mass is 16.5. The first-order chi connectivity index (χ1) is 9.60. The van der Waals surface area contributed by atoms with Crippen molar-refractivity contribution in [3.63, 3.8) is 0 Å². The Bertz CT molecular complexity index is 531. The van der Waals surface area contributed by atoms with Gasteiger partial charge in [-0.05, 0) is 44.0 Å². The maximum absolute atomic E-state index is 11.7. The van der Waals surface area contributed by atoms with E-state index in [1.165, 1.54) is 6.07 Å². The Balaban J connectivity index is 2.85. The standard InChI is InChI=1S/C15H17NO4/c1-3-19-14(17)6-5-11-7-12(10-16)9-13(8-11)15(18)20-4-2/h7-9H,3-6H2,1-2H3. The van der Waals surface area contributed by atoms with Crippen LogP contribution < -0.4 is 0 Å². The smallest absolute Gasteiger partial charge is 0.338 e. The molecule has 0 atom stereocenters. The van der Waals surface area contributed by atoms with Gasteiger partial charge in [-0.25, -0.2) is 4.79 Å². The number of rotatable bonds is 6. The number of nitrogens with zero attached hydrogens (tertiary/aromatic N) is 1. The molecule has 0 saturated carbocycles. The maximum atomic E-state index is 11.7. The van der Waals surface area contributed by atoms with Gasteiger partial charge in [0.2, 0.25) is 0 Å². The average Bonchev–Trinajstić information content (AvgIpc) is 2.45. The molecule has 0 heterocycles. The Hall–Kier alpha value is -2.35. The molecule has 0 fully saturated rings. The van der Waals surface area contributed by atoms with Crippen molar-refractivity contribution in [1.82, 2.24) is 0 Å². The van der Waals surface area contributed by atoms with Crippen molar-refractivity contribution in [2.45, 2.75) is 26.7 Å². The Labute approximate surface area is 118 Å². The van der Waals surface area contributed by atoms with Crippen molar-refractivity contribution in [2.75, 3.05) is 13.2 Å². The molecule has 0 bridgehead atoms. The third kappa shape index (κ3) is 4.73. The minimum absolute atomic E-state index is 0.213. The second-order valence-corrected chi connectivity index (χ2v) is 4.06. The lowest BCUT2D eigenvalue weighted by atomic mass is 10.0. The highest BCUT2D eigenvalue weighted by Crippen LogP contribution is 2.13. The van der Waals surface area contributed by atoms with Crippen LogP contribution in [0.3, 0.4) is 0 Å². The summed E-state index contributed by atoms with van der Waals surface area (Å²) < 4.78 is 9.75. The van der Waals surface area contributed by atoms with Crippen LogP contribution in [-0.2, 0) is 20.7 Å². The Morgan fingerprint density at radius 2 is 1.85 bits per heavy atom. The summed E-state index contributed by atoms with van der Waals surface area (Å²) in [6.45, 7) is 4.07. The molecule has 0 unspecified atom stereocenters. The van der Waals surface area contributed by atoms with E-state index in [2.05, 4.69) is 0 Å². The Morgan fingerprint density at radius 1 is 1.15 bits per heavy atom. The number of esters is 2. The van der Waals surface area contributed by atoms with E-state index in [1.54, 1.807) is 26.0 Å². The predicted molar refractivity (Wildman–Crippen MR) is 72.1 cm³/mol. The molecule has 106 valence electrons. The van der Waals surface area contributed by atoms with Crippen LogP contribution in [-0.4, -0.2) is 25.2 Å². The number of hydrogen-bond acceptors (Lipinski definition) is 5. The van der Waals surface area contributed by atoms with Crippen molar-refractivity contribution in [3.8, 4) is 6.07 Å². The van der Waals surface area contributed by atoms with Crippen molar-refractivity contribution in [2.24, 2.45) is 0 Å². The summed E-state index contributed by atoms with van der Waals surface area (Å²) in [6.07, 6.45) is 0.631. The van der Waals surface area contributed by atoms with Gasteiger partial charge < -0.3 is 9.47 Å². The van der Waals surface area contributed by atoms with Gasteiger partial charge in [-0.2, -0.15) is 5.26 Å². The first kappa shape index (κ1) is 15.7. The fourth-order valence-corrected chi connectivity index (χ4v) is 1.71. The van der Waals surface area contributed by atoms with Gasteiger partial charge in [-0.15, -0.1) is 0 Å². The van der Waals surface area contributed by atoms with Gasteiger partial charge in [0, 0.05) is 6.42 Å². The number of benzene rings is 1. The molecule has 0 N–H and O–H groups in total. The highest BCUT2D eigenvalue weighted by molar-refractivity contribution is 5.90. The van der Waals surface area contributed by atoms with E-state index in [0.29, 0.717) is 24.2 Å². The molecule has 0 saturated heterocycles. The summed E-state index contributed by atoms with van der Waals surface area (Å²) in [5.74, 6) is -0.769. The molecule has 20 heavy (non-hydrogen) atoms. The average molecular weight is 275 g/mol. The van der Waals surface area contributed by atoms with Gasteiger partial charge in [-0.1, -0.05) is 0 Å². The zero-order valence-corrected chi connectivity index (χ0v) is 11.6. The predicted octanol–water partition coefficient (Wildman–Crippen LogP) is 2.23. The minimum atomic E-state index is -0.470. The Kier molecular flexibility index (Phi) is 6.24. The number of nitriles is 1. The monoisotopic (exact) mass is 275 g/mol. The molecule has 1 rings (SSSR count). The molecule has 5 heteroatoms. The van der Waals surface area contributed by atoms with E-state index in [4.69, 9.17) is 14.7 Å². The van der Waals surface area contributed by atoms with E-state index in [1.807, 2.05) is 6.07 Å². The largest absolute Gasteiger partial charge is 0.466 e. The third-order valence-corrected chi connectivity index (χ3v) is 2.56. The lowest BCUT2D eigenvalue weighted by molar-refractivity contribution is -0.143. The van der Waals surface area contributed by atoms with E-state index in [0.717, 1.165) is 5.56 Å².